The molecule has 16 heavy (non-hydrogen) atoms. The van der Waals surface area contributed by atoms with Gasteiger partial charge in [-0.3, -0.25) is 9.88 Å². The van der Waals surface area contributed by atoms with E-state index in [2.05, 4.69) is 37.7 Å². The molecular formula is C13H23N3. The zero-order valence-electron chi connectivity index (χ0n) is 10.8. The number of hydrogen-bond acceptors (Lipinski definition) is 3. The normalized spacial score (nSPS) is 15.1. The fourth-order valence-electron chi connectivity index (χ4n) is 1.93. The van der Waals surface area contributed by atoms with Gasteiger partial charge >= 0.3 is 0 Å². The molecule has 0 amide bonds. The maximum absolute atomic E-state index is 5.90. The third kappa shape index (κ3) is 2.80. The Morgan fingerprint density at radius 2 is 2.19 bits per heavy atom. The molecule has 2 atom stereocenters. The summed E-state index contributed by atoms with van der Waals surface area (Å²) in [5, 5.41) is 0. The summed E-state index contributed by atoms with van der Waals surface area (Å²) in [5.74, 6) is 0. The smallest absolute Gasteiger partial charge is 0.0488 e. The maximum atomic E-state index is 5.90. The number of hydrogen-bond donors (Lipinski definition) is 1. The van der Waals surface area contributed by atoms with E-state index in [0.29, 0.717) is 12.6 Å². The number of pyridine rings is 1. The van der Waals surface area contributed by atoms with Gasteiger partial charge in [0.15, 0.2) is 0 Å². The second kappa shape index (κ2) is 5.97. The minimum Gasteiger partial charge on any atom is -0.329 e. The summed E-state index contributed by atoms with van der Waals surface area (Å²) in [6.07, 6.45) is 4.90. The van der Waals surface area contributed by atoms with Gasteiger partial charge in [-0.15, -0.1) is 0 Å². The Morgan fingerprint density at radius 1 is 1.50 bits per heavy atom. The lowest BCUT2D eigenvalue weighted by atomic mass is 10.0. The molecule has 0 saturated heterocycles. The third-order valence-electron chi connectivity index (χ3n) is 3.44. The SMILES string of the molecule is CCC(C)N(C)C(CN)c1cnccc1C. The van der Waals surface area contributed by atoms with E-state index in [4.69, 9.17) is 5.73 Å². The maximum Gasteiger partial charge on any atom is 0.0488 e. The first-order valence-electron chi connectivity index (χ1n) is 5.94. The highest BCUT2D eigenvalue weighted by Gasteiger charge is 2.20. The predicted molar refractivity (Wildman–Crippen MR) is 68.3 cm³/mol. The molecule has 0 spiro atoms. The lowest BCUT2D eigenvalue weighted by Crippen LogP contribution is -2.37. The number of nitrogens with two attached hydrogens (primary N) is 1. The summed E-state index contributed by atoms with van der Waals surface area (Å²) in [7, 11) is 2.14. The zero-order valence-corrected chi connectivity index (χ0v) is 10.8. The summed E-state index contributed by atoms with van der Waals surface area (Å²) in [6, 6.07) is 2.85. The van der Waals surface area contributed by atoms with E-state index in [-0.39, 0.29) is 6.04 Å². The van der Waals surface area contributed by atoms with Crippen molar-refractivity contribution in [1.29, 1.82) is 0 Å². The van der Waals surface area contributed by atoms with Gasteiger partial charge in [-0.1, -0.05) is 6.92 Å². The molecule has 1 rings (SSSR count). The van der Waals surface area contributed by atoms with Crippen molar-refractivity contribution < 1.29 is 0 Å². The van der Waals surface area contributed by atoms with Crippen molar-refractivity contribution in [3.63, 3.8) is 0 Å². The Labute approximate surface area is 98.7 Å². The van der Waals surface area contributed by atoms with Gasteiger partial charge in [0.1, 0.15) is 0 Å². The van der Waals surface area contributed by atoms with Crippen LogP contribution in [0.2, 0.25) is 0 Å². The average Bonchev–Trinajstić information content (AvgIpc) is 2.31. The van der Waals surface area contributed by atoms with Crippen molar-refractivity contribution in [1.82, 2.24) is 9.88 Å². The zero-order chi connectivity index (χ0) is 12.1. The van der Waals surface area contributed by atoms with Crippen LogP contribution in [0.25, 0.3) is 0 Å². The molecule has 3 nitrogen and oxygen atoms in total. The van der Waals surface area contributed by atoms with Crippen LogP contribution in [-0.4, -0.2) is 29.5 Å². The largest absolute Gasteiger partial charge is 0.329 e. The molecule has 0 aliphatic heterocycles. The molecule has 0 aromatic carbocycles. The molecule has 1 heterocycles. The van der Waals surface area contributed by atoms with Gasteiger partial charge in [-0.25, -0.2) is 0 Å². The van der Waals surface area contributed by atoms with E-state index in [0.717, 1.165) is 6.42 Å². The molecular weight excluding hydrogens is 198 g/mol. The molecule has 2 N–H and O–H groups in total. The molecule has 0 fully saturated rings. The summed E-state index contributed by atoms with van der Waals surface area (Å²) >= 11 is 0. The van der Waals surface area contributed by atoms with E-state index in [1.165, 1.54) is 11.1 Å². The van der Waals surface area contributed by atoms with Gasteiger partial charge in [-0.2, -0.15) is 0 Å². The van der Waals surface area contributed by atoms with Crippen LogP contribution >= 0.6 is 0 Å². The third-order valence-corrected chi connectivity index (χ3v) is 3.44. The fourth-order valence-corrected chi connectivity index (χ4v) is 1.93. The topological polar surface area (TPSA) is 42.1 Å². The van der Waals surface area contributed by atoms with E-state index in [1.54, 1.807) is 0 Å². The highest BCUT2D eigenvalue weighted by molar-refractivity contribution is 5.25. The average molecular weight is 221 g/mol. The molecule has 0 radical (unpaired) electrons. The summed E-state index contributed by atoms with van der Waals surface area (Å²) in [4.78, 5) is 6.54. The molecule has 90 valence electrons. The second-order valence-electron chi connectivity index (χ2n) is 4.41. The molecule has 0 bridgehead atoms. The first-order chi connectivity index (χ1) is 7.61. The summed E-state index contributed by atoms with van der Waals surface area (Å²) < 4.78 is 0. The molecule has 0 aliphatic rings. The first kappa shape index (κ1) is 13.1. The van der Waals surface area contributed by atoms with Gasteiger partial charge in [0.05, 0.1) is 0 Å². The van der Waals surface area contributed by atoms with E-state index in [9.17, 15) is 0 Å². The monoisotopic (exact) mass is 221 g/mol. The lowest BCUT2D eigenvalue weighted by molar-refractivity contribution is 0.184. The Bertz CT molecular complexity index is 325. The van der Waals surface area contributed by atoms with Crippen LogP contribution in [0.1, 0.15) is 37.4 Å². The van der Waals surface area contributed by atoms with E-state index >= 15 is 0 Å². The summed E-state index contributed by atoms with van der Waals surface area (Å²) in [6.45, 7) is 7.18. The Hall–Kier alpha value is -0.930. The van der Waals surface area contributed by atoms with Crippen LogP contribution < -0.4 is 5.73 Å². The minimum atomic E-state index is 0.267. The van der Waals surface area contributed by atoms with Gasteiger partial charge in [0.25, 0.3) is 0 Å². The van der Waals surface area contributed by atoms with Gasteiger partial charge in [0.2, 0.25) is 0 Å². The number of nitrogens with zero attached hydrogens (tertiary/aromatic N) is 2. The van der Waals surface area contributed by atoms with Crippen molar-refractivity contribution in [3.05, 3.63) is 29.6 Å². The molecule has 1 aromatic rings. The van der Waals surface area contributed by atoms with Crippen molar-refractivity contribution in [2.24, 2.45) is 5.73 Å². The van der Waals surface area contributed by atoms with Crippen molar-refractivity contribution in [3.8, 4) is 0 Å². The molecule has 3 heteroatoms. The first-order valence-corrected chi connectivity index (χ1v) is 5.94. The van der Waals surface area contributed by atoms with Crippen LogP contribution in [0.15, 0.2) is 18.5 Å². The molecule has 0 saturated carbocycles. The van der Waals surface area contributed by atoms with Gasteiger partial charge in [-0.05, 0) is 44.5 Å². The second-order valence-corrected chi connectivity index (χ2v) is 4.41. The Morgan fingerprint density at radius 3 is 2.69 bits per heavy atom. The number of aryl methyl sites for hydroxylation is 1. The minimum absolute atomic E-state index is 0.267. The van der Waals surface area contributed by atoms with Crippen LogP contribution in [0.4, 0.5) is 0 Å². The van der Waals surface area contributed by atoms with Crippen LogP contribution in [0.3, 0.4) is 0 Å². The van der Waals surface area contributed by atoms with Crippen molar-refractivity contribution in [2.45, 2.75) is 39.3 Å². The van der Waals surface area contributed by atoms with Crippen molar-refractivity contribution in [2.75, 3.05) is 13.6 Å². The van der Waals surface area contributed by atoms with Crippen LogP contribution in [0, 0.1) is 6.92 Å². The lowest BCUT2D eigenvalue weighted by Gasteiger charge is -2.32. The standard InChI is InChI=1S/C13H23N3/c1-5-11(3)16(4)13(8-14)12-9-15-7-6-10(12)2/h6-7,9,11,13H,5,8,14H2,1-4H3. The van der Waals surface area contributed by atoms with Crippen LogP contribution in [0.5, 0.6) is 0 Å². The van der Waals surface area contributed by atoms with Crippen molar-refractivity contribution >= 4 is 0 Å². The Kier molecular flexibility index (Phi) is 4.90. The van der Waals surface area contributed by atoms with E-state index in [1.807, 2.05) is 18.5 Å². The molecule has 2 unspecified atom stereocenters. The highest BCUT2D eigenvalue weighted by Crippen LogP contribution is 2.23. The quantitative estimate of drug-likeness (QED) is 0.828. The predicted octanol–water partition coefficient (Wildman–Crippen LogP) is 2.12. The molecule has 0 aliphatic carbocycles. The van der Waals surface area contributed by atoms with Gasteiger partial charge in [0, 0.05) is 31.0 Å². The highest BCUT2D eigenvalue weighted by atomic mass is 15.2. The Balaban J connectivity index is 2.94. The summed E-state index contributed by atoms with van der Waals surface area (Å²) in [5.41, 5.74) is 8.41. The number of likely N-dealkylation sites (N-methyl/N-ethyl adjacent to an activating group) is 1. The van der Waals surface area contributed by atoms with E-state index < -0.39 is 0 Å². The molecule has 1 aromatic heterocycles. The number of rotatable bonds is 5. The fraction of sp³-hybridized carbons (Fsp3) is 0.615. The van der Waals surface area contributed by atoms with Crippen LogP contribution in [-0.2, 0) is 0 Å². The number of aromatic nitrogens is 1. The van der Waals surface area contributed by atoms with Gasteiger partial charge < -0.3 is 5.73 Å².